The predicted molar refractivity (Wildman–Crippen MR) is 123 cm³/mol. The Hall–Kier alpha value is -3.67. The number of rotatable bonds is 3. The van der Waals surface area contributed by atoms with Crippen molar-refractivity contribution in [1.29, 1.82) is 0 Å². The lowest BCUT2D eigenvalue weighted by Crippen LogP contribution is -2.39. The number of nitrogens with one attached hydrogen (secondary N) is 1. The number of fused-ring (bicyclic) bond motifs is 1. The largest absolute Gasteiger partial charge is 0.419 e. The van der Waals surface area contributed by atoms with Crippen molar-refractivity contribution >= 4 is 34.5 Å². The van der Waals surface area contributed by atoms with Crippen LogP contribution in [-0.2, 0) is 18.0 Å². The Balaban J connectivity index is 0.000000248. The summed E-state index contributed by atoms with van der Waals surface area (Å²) in [6.07, 6.45) is -0.352. The standard InChI is InChI=1S/C17H22N4O2.C5H4F3N3/c1-4-16(23)18-13-9-14-15(8-11(13)2)20(3)17(19-14)21-7-5-6-12(22)10-21;6-5(7,8)3-1-10-4(9)11-2-3/h4,8-9,12,22H,1,5-7,10H2,2-3H3,(H,18,23);1-2H,(H2,9,10,11). The van der Waals surface area contributed by atoms with Gasteiger partial charge < -0.3 is 25.6 Å². The van der Waals surface area contributed by atoms with Crippen molar-refractivity contribution < 1.29 is 23.1 Å². The molecule has 0 bridgehead atoms. The zero-order valence-corrected chi connectivity index (χ0v) is 18.8. The zero-order valence-electron chi connectivity index (χ0n) is 18.8. The van der Waals surface area contributed by atoms with Crippen LogP contribution < -0.4 is 16.0 Å². The van der Waals surface area contributed by atoms with Crippen LogP contribution in [0.3, 0.4) is 0 Å². The highest BCUT2D eigenvalue weighted by Crippen LogP contribution is 2.29. The van der Waals surface area contributed by atoms with Crippen molar-refractivity contribution in [2.75, 3.05) is 29.0 Å². The van der Waals surface area contributed by atoms with Gasteiger partial charge in [-0.25, -0.2) is 15.0 Å². The van der Waals surface area contributed by atoms with E-state index in [1.165, 1.54) is 6.08 Å². The van der Waals surface area contributed by atoms with E-state index in [1.807, 2.05) is 30.7 Å². The van der Waals surface area contributed by atoms with Crippen LogP contribution in [0.2, 0.25) is 0 Å². The normalized spacial score (nSPS) is 16.1. The number of nitrogens with two attached hydrogens (primary N) is 1. The van der Waals surface area contributed by atoms with E-state index in [4.69, 9.17) is 10.7 Å². The Morgan fingerprint density at radius 2 is 2.00 bits per heavy atom. The molecule has 0 spiro atoms. The number of anilines is 3. The predicted octanol–water partition coefficient (Wildman–Crippen LogP) is 3.04. The number of piperidine rings is 1. The van der Waals surface area contributed by atoms with E-state index in [1.54, 1.807) is 0 Å². The molecule has 182 valence electrons. The van der Waals surface area contributed by atoms with Gasteiger partial charge in [0, 0.05) is 38.2 Å². The van der Waals surface area contributed by atoms with Gasteiger partial charge in [0.25, 0.3) is 0 Å². The second-order valence-electron chi connectivity index (χ2n) is 7.89. The van der Waals surface area contributed by atoms with Crippen LogP contribution in [0.25, 0.3) is 11.0 Å². The topological polar surface area (TPSA) is 122 Å². The molecule has 1 aliphatic heterocycles. The second kappa shape index (κ2) is 10.1. The number of aromatic nitrogens is 4. The molecule has 9 nitrogen and oxygen atoms in total. The summed E-state index contributed by atoms with van der Waals surface area (Å²) in [5.74, 6) is 0.450. The molecule has 1 unspecified atom stereocenters. The third kappa shape index (κ3) is 5.81. The number of amides is 1. The fourth-order valence-electron chi connectivity index (χ4n) is 3.55. The smallest absolute Gasteiger partial charge is 0.391 e. The van der Waals surface area contributed by atoms with Gasteiger partial charge in [-0.15, -0.1) is 0 Å². The molecule has 3 heterocycles. The number of nitrogens with zero attached hydrogens (tertiary/aromatic N) is 5. The quantitative estimate of drug-likeness (QED) is 0.496. The van der Waals surface area contributed by atoms with E-state index in [9.17, 15) is 23.1 Å². The van der Waals surface area contributed by atoms with E-state index >= 15 is 0 Å². The molecule has 4 N–H and O–H groups in total. The molecule has 0 radical (unpaired) electrons. The van der Waals surface area contributed by atoms with E-state index < -0.39 is 11.7 Å². The molecule has 1 saturated heterocycles. The number of hydrogen-bond donors (Lipinski definition) is 3. The molecular formula is C22H26F3N7O2. The summed E-state index contributed by atoms with van der Waals surface area (Å²) in [6, 6.07) is 3.90. The SMILES string of the molecule is C=CC(=O)Nc1cc2nc(N3CCCC(O)C3)n(C)c2cc1C.Nc1ncc(C(F)(F)F)cn1. The first-order chi connectivity index (χ1) is 16.0. The monoisotopic (exact) mass is 477 g/mol. The summed E-state index contributed by atoms with van der Waals surface area (Å²) in [5.41, 5.74) is 7.63. The third-order valence-electron chi connectivity index (χ3n) is 5.33. The number of halogens is 3. The number of aliphatic hydroxyl groups is 1. The number of β-amino-alcohol motifs (C(OH)–C–C–N with tert-alkyl or cyclic N) is 1. The lowest BCUT2D eigenvalue weighted by Gasteiger charge is -2.30. The van der Waals surface area contributed by atoms with E-state index in [0.29, 0.717) is 18.9 Å². The molecule has 3 aromatic rings. The average molecular weight is 477 g/mol. The zero-order chi connectivity index (χ0) is 25.0. The van der Waals surface area contributed by atoms with Gasteiger partial charge in [-0.1, -0.05) is 6.58 Å². The Labute approximate surface area is 194 Å². The lowest BCUT2D eigenvalue weighted by molar-refractivity contribution is -0.138. The molecule has 34 heavy (non-hydrogen) atoms. The van der Waals surface area contributed by atoms with Crippen molar-refractivity contribution in [3.8, 4) is 0 Å². The van der Waals surface area contributed by atoms with Gasteiger partial charge in [0.1, 0.15) is 0 Å². The number of imidazole rings is 1. The molecule has 4 rings (SSSR count). The highest BCUT2D eigenvalue weighted by molar-refractivity contribution is 6.00. The van der Waals surface area contributed by atoms with E-state index in [0.717, 1.165) is 47.6 Å². The minimum absolute atomic E-state index is 0.169. The Bertz CT molecular complexity index is 1180. The first-order valence-corrected chi connectivity index (χ1v) is 10.5. The molecule has 2 aromatic heterocycles. The highest BCUT2D eigenvalue weighted by Gasteiger charge is 2.31. The number of hydrogen-bond acceptors (Lipinski definition) is 7. The van der Waals surface area contributed by atoms with Gasteiger partial charge in [-0.2, -0.15) is 13.2 Å². The fraction of sp³-hybridized carbons (Fsp3) is 0.364. The van der Waals surface area contributed by atoms with Gasteiger partial charge in [0.15, 0.2) is 0 Å². The van der Waals surface area contributed by atoms with Gasteiger partial charge in [-0.05, 0) is 43.5 Å². The van der Waals surface area contributed by atoms with Crippen LogP contribution in [0.15, 0.2) is 37.2 Å². The van der Waals surface area contributed by atoms with Crippen molar-refractivity contribution in [3.05, 3.63) is 48.3 Å². The fourth-order valence-corrected chi connectivity index (χ4v) is 3.55. The van der Waals surface area contributed by atoms with Crippen molar-refractivity contribution in [2.45, 2.75) is 32.0 Å². The van der Waals surface area contributed by atoms with Gasteiger partial charge >= 0.3 is 6.18 Å². The summed E-state index contributed by atoms with van der Waals surface area (Å²) in [6.45, 7) is 6.93. The van der Waals surface area contributed by atoms with Crippen molar-refractivity contribution in [1.82, 2.24) is 19.5 Å². The number of alkyl halides is 3. The van der Waals surface area contributed by atoms with E-state index in [-0.39, 0.29) is 18.0 Å². The summed E-state index contributed by atoms with van der Waals surface area (Å²) in [7, 11) is 1.98. The van der Waals surface area contributed by atoms with Gasteiger partial charge in [0.2, 0.25) is 17.8 Å². The first kappa shape index (κ1) is 25.0. The van der Waals surface area contributed by atoms with Crippen LogP contribution in [0.1, 0.15) is 24.0 Å². The summed E-state index contributed by atoms with van der Waals surface area (Å²) in [4.78, 5) is 24.7. The second-order valence-corrected chi connectivity index (χ2v) is 7.89. The Morgan fingerprint density at radius 1 is 1.32 bits per heavy atom. The van der Waals surface area contributed by atoms with Crippen LogP contribution >= 0.6 is 0 Å². The maximum absolute atomic E-state index is 11.8. The molecule has 1 fully saturated rings. The Kier molecular flexibility index (Phi) is 7.40. The first-order valence-electron chi connectivity index (χ1n) is 10.5. The lowest BCUT2D eigenvalue weighted by atomic mass is 10.1. The molecule has 1 amide bonds. The van der Waals surface area contributed by atoms with Gasteiger partial charge in [0.05, 0.1) is 22.7 Å². The molecule has 0 saturated carbocycles. The van der Waals surface area contributed by atoms with E-state index in [2.05, 4.69) is 26.8 Å². The average Bonchev–Trinajstić information content (AvgIpc) is 3.09. The van der Waals surface area contributed by atoms with Crippen molar-refractivity contribution in [3.63, 3.8) is 0 Å². The number of benzene rings is 1. The summed E-state index contributed by atoms with van der Waals surface area (Å²) < 4.78 is 37.4. The maximum atomic E-state index is 11.8. The number of aryl methyl sites for hydroxylation is 2. The summed E-state index contributed by atoms with van der Waals surface area (Å²) >= 11 is 0. The molecule has 1 aliphatic rings. The van der Waals surface area contributed by atoms with Crippen LogP contribution in [-0.4, -0.2) is 49.7 Å². The third-order valence-corrected chi connectivity index (χ3v) is 5.33. The number of aliphatic hydroxyl groups excluding tert-OH is 1. The minimum atomic E-state index is -4.40. The molecule has 1 atom stereocenters. The van der Waals surface area contributed by atoms with Crippen LogP contribution in [0.4, 0.5) is 30.8 Å². The highest BCUT2D eigenvalue weighted by atomic mass is 19.4. The minimum Gasteiger partial charge on any atom is -0.391 e. The number of carbonyl (C=O) groups excluding carboxylic acids is 1. The summed E-state index contributed by atoms with van der Waals surface area (Å²) in [5, 5.41) is 12.7. The van der Waals surface area contributed by atoms with Crippen molar-refractivity contribution in [2.24, 2.45) is 7.05 Å². The van der Waals surface area contributed by atoms with Gasteiger partial charge in [-0.3, -0.25) is 4.79 Å². The van der Waals surface area contributed by atoms with Crippen LogP contribution in [0, 0.1) is 6.92 Å². The number of nitrogen functional groups attached to an aromatic ring is 1. The molecule has 0 aliphatic carbocycles. The molecule has 12 heteroatoms. The molecule has 1 aromatic carbocycles. The van der Waals surface area contributed by atoms with Crippen LogP contribution in [0.5, 0.6) is 0 Å². The Morgan fingerprint density at radius 3 is 2.59 bits per heavy atom. The molecular weight excluding hydrogens is 451 g/mol. The number of carbonyl (C=O) groups is 1. The maximum Gasteiger partial charge on any atom is 0.419 e.